The van der Waals surface area contributed by atoms with Crippen molar-refractivity contribution in [2.75, 3.05) is 33.0 Å². The van der Waals surface area contributed by atoms with Gasteiger partial charge in [-0.25, -0.2) is 0 Å². The molecule has 0 unspecified atom stereocenters. The van der Waals surface area contributed by atoms with Crippen molar-refractivity contribution in [3.63, 3.8) is 0 Å². The average molecular weight is 170 g/mol. The maximum atomic E-state index is 5.44. The van der Waals surface area contributed by atoms with Crippen molar-refractivity contribution in [2.24, 2.45) is 0 Å². The molecule has 0 bridgehead atoms. The molecular weight excluding hydrogens is 152 g/mol. The lowest BCUT2D eigenvalue weighted by Crippen LogP contribution is -2.46. The molecule has 0 aromatic rings. The number of nitrogens with one attached hydrogen (secondary N) is 1. The van der Waals surface area contributed by atoms with Crippen LogP contribution in [0.1, 0.15) is 19.3 Å². The van der Waals surface area contributed by atoms with Gasteiger partial charge in [0.25, 0.3) is 0 Å². The number of hydrogen-bond donors (Lipinski definition) is 1. The highest BCUT2D eigenvalue weighted by Gasteiger charge is 2.22. The van der Waals surface area contributed by atoms with E-state index >= 15 is 0 Å². The Morgan fingerprint density at radius 1 is 1.25 bits per heavy atom. The molecule has 2 heterocycles. The van der Waals surface area contributed by atoms with Gasteiger partial charge in [-0.1, -0.05) is 0 Å². The maximum absolute atomic E-state index is 5.44. The molecule has 70 valence electrons. The summed E-state index contributed by atoms with van der Waals surface area (Å²) < 4.78 is 5.44. The maximum Gasteiger partial charge on any atom is 0.0992 e. The normalized spacial score (nSPS) is 29.0. The highest BCUT2D eigenvalue weighted by molar-refractivity contribution is 4.77. The molecule has 0 aromatic carbocycles. The van der Waals surface area contributed by atoms with E-state index in [1.165, 1.54) is 38.9 Å². The third kappa shape index (κ3) is 1.97. The predicted octanol–water partition coefficient (Wildman–Crippen LogP) is 0.418. The van der Waals surface area contributed by atoms with Gasteiger partial charge >= 0.3 is 0 Å². The van der Waals surface area contributed by atoms with Crippen LogP contribution in [0.3, 0.4) is 0 Å². The first-order valence-corrected chi connectivity index (χ1v) is 4.99. The molecule has 2 rings (SSSR count). The molecule has 12 heavy (non-hydrogen) atoms. The minimum absolute atomic E-state index is 0.784. The van der Waals surface area contributed by atoms with E-state index in [4.69, 9.17) is 4.74 Å². The summed E-state index contributed by atoms with van der Waals surface area (Å²) in [4.78, 5) is 2.49. The van der Waals surface area contributed by atoms with Gasteiger partial charge < -0.3 is 10.1 Å². The number of rotatable bonds is 1. The van der Waals surface area contributed by atoms with Crippen molar-refractivity contribution in [1.29, 1.82) is 0 Å². The monoisotopic (exact) mass is 170 g/mol. The molecule has 0 atom stereocenters. The van der Waals surface area contributed by atoms with Crippen molar-refractivity contribution in [1.82, 2.24) is 10.2 Å². The Balaban J connectivity index is 1.80. The third-order valence-electron chi connectivity index (χ3n) is 2.82. The zero-order chi connectivity index (χ0) is 8.23. The fraction of sp³-hybridized carbons (Fsp3) is 1.00. The molecule has 0 amide bonds. The van der Waals surface area contributed by atoms with Crippen LogP contribution < -0.4 is 5.32 Å². The summed E-state index contributed by atoms with van der Waals surface area (Å²) in [6, 6.07) is 0.784. The first-order chi connectivity index (χ1) is 5.97. The molecule has 0 aromatic heterocycles. The molecule has 2 fully saturated rings. The predicted molar refractivity (Wildman–Crippen MR) is 48.0 cm³/mol. The molecule has 2 saturated heterocycles. The fourth-order valence-corrected chi connectivity index (χ4v) is 2.08. The number of hydrogen-bond acceptors (Lipinski definition) is 3. The summed E-state index contributed by atoms with van der Waals surface area (Å²) in [6.45, 7) is 5.43. The second-order valence-electron chi connectivity index (χ2n) is 3.68. The van der Waals surface area contributed by atoms with Crippen LogP contribution in [0.25, 0.3) is 0 Å². The van der Waals surface area contributed by atoms with Crippen molar-refractivity contribution in [3.8, 4) is 0 Å². The minimum Gasteiger partial charge on any atom is -0.366 e. The minimum atomic E-state index is 0.784. The van der Waals surface area contributed by atoms with E-state index in [0.717, 1.165) is 19.4 Å². The van der Waals surface area contributed by atoms with Gasteiger partial charge in [-0.2, -0.15) is 0 Å². The van der Waals surface area contributed by atoms with Crippen LogP contribution in [-0.2, 0) is 4.74 Å². The molecular formula is C9H18N2O. The number of ether oxygens (including phenoxy) is 1. The third-order valence-corrected chi connectivity index (χ3v) is 2.82. The lowest BCUT2D eigenvalue weighted by Gasteiger charge is -2.36. The summed E-state index contributed by atoms with van der Waals surface area (Å²) in [5.41, 5.74) is 0. The Hall–Kier alpha value is -0.120. The van der Waals surface area contributed by atoms with Gasteiger partial charge in [0.15, 0.2) is 0 Å². The van der Waals surface area contributed by atoms with Gasteiger partial charge in [0.05, 0.1) is 6.73 Å². The molecule has 3 nitrogen and oxygen atoms in total. The Kier molecular flexibility index (Phi) is 2.98. The van der Waals surface area contributed by atoms with Crippen LogP contribution >= 0.6 is 0 Å². The van der Waals surface area contributed by atoms with Gasteiger partial charge in [-0.05, 0) is 32.4 Å². The largest absolute Gasteiger partial charge is 0.366 e. The molecule has 2 aliphatic heterocycles. The van der Waals surface area contributed by atoms with Crippen LogP contribution in [0.15, 0.2) is 0 Å². The van der Waals surface area contributed by atoms with E-state index in [0.29, 0.717) is 0 Å². The van der Waals surface area contributed by atoms with Crippen molar-refractivity contribution in [2.45, 2.75) is 25.3 Å². The summed E-state index contributed by atoms with van der Waals surface area (Å²) >= 11 is 0. The van der Waals surface area contributed by atoms with Crippen LogP contribution in [0, 0.1) is 0 Å². The fourth-order valence-electron chi connectivity index (χ4n) is 2.08. The Morgan fingerprint density at radius 3 is 2.75 bits per heavy atom. The summed E-state index contributed by atoms with van der Waals surface area (Å²) in [5, 5.41) is 3.39. The van der Waals surface area contributed by atoms with E-state index in [-0.39, 0.29) is 0 Å². The highest BCUT2D eigenvalue weighted by atomic mass is 16.5. The van der Waals surface area contributed by atoms with Gasteiger partial charge in [0, 0.05) is 19.2 Å². The molecule has 0 spiro atoms. The van der Waals surface area contributed by atoms with Crippen LogP contribution in [-0.4, -0.2) is 43.9 Å². The van der Waals surface area contributed by atoms with Gasteiger partial charge in [-0.3, -0.25) is 4.90 Å². The lowest BCUT2D eigenvalue weighted by atomic mass is 10.0. The van der Waals surface area contributed by atoms with E-state index in [1.807, 2.05) is 0 Å². The summed E-state index contributed by atoms with van der Waals surface area (Å²) in [7, 11) is 0. The highest BCUT2D eigenvalue weighted by Crippen LogP contribution is 2.14. The first kappa shape index (κ1) is 8.48. The van der Waals surface area contributed by atoms with E-state index in [9.17, 15) is 0 Å². The van der Waals surface area contributed by atoms with Crippen LogP contribution in [0.5, 0.6) is 0 Å². The van der Waals surface area contributed by atoms with Gasteiger partial charge in [0.1, 0.15) is 0 Å². The molecule has 1 N–H and O–H groups in total. The topological polar surface area (TPSA) is 24.5 Å². The standard InChI is InChI=1S/C9H18N2O/c1-6-11(8-12-7-1)9-2-4-10-5-3-9/h9-10H,1-8H2. The summed E-state index contributed by atoms with van der Waals surface area (Å²) in [5.74, 6) is 0. The smallest absolute Gasteiger partial charge is 0.0992 e. The second-order valence-corrected chi connectivity index (χ2v) is 3.68. The van der Waals surface area contributed by atoms with Crippen LogP contribution in [0.2, 0.25) is 0 Å². The molecule has 2 aliphatic rings. The molecule has 0 aliphatic carbocycles. The molecule has 0 radical (unpaired) electrons. The quantitative estimate of drug-likeness (QED) is 0.617. The van der Waals surface area contributed by atoms with Crippen LogP contribution in [0.4, 0.5) is 0 Å². The second kappa shape index (κ2) is 4.21. The number of piperidine rings is 1. The van der Waals surface area contributed by atoms with E-state index < -0.39 is 0 Å². The van der Waals surface area contributed by atoms with Gasteiger partial charge in [-0.15, -0.1) is 0 Å². The Morgan fingerprint density at radius 2 is 2.08 bits per heavy atom. The summed E-state index contributed by atoms with van der Waals surface area (Å²) in [6.07, 6.45) is 3.80. The SMILES string of the molecule is C1COCN(C2CCNCC2)C1. The molecule has 3 heteroatoms. The van der Waals surface area contributed by atoms with Gasteiger partial charge in [0.2, 0.25) is 0 Å². The number of nitrogens with zero attached hydrogens (tertiary/aromatic N) is 1. The average Bonchev–Trinajstić information content (AvgIpc) is 2.21. The Labute approximate surface area is 74.1 Å². The lowest BCUT2D eigenvalue weighted by molar-refractivity contribution is -0.0413. The van der Waals surface area contributed by atoms with E-state index in [2.05, 4.69) is 10.2 Å². The zero-order valence-corrected chi connectivity index (χ0v) is 7.59. The Bertz CT molecular complexity index is 112. The molecule has 0 saturated carbocycles. The van der Waals surface area contributed by atoms with Crippen molar-refractivity contribution >= 4 is 0 Å². The van der Waals surface area contributed by atoms with E-state index in [1.54, 1.807) is 0 Å². The van der Waals surface area contributed by atoms with Crippen molar-refractivity contribution in [3.05, 3.63) is 0 Å². The zero-order valence-electron chi connectivity index (χ0n) is 7.59. The van der Waals surface area contributed by atoms with Crippen molar-refractivity contribution < 1.29 is 4.74 Å². The first-order valence-electron chi connectivity index (χ1n) is 4.99.